The van der Waals surface area contributed by atoms with Gasteiger partial charge in [0.25, 0.3) is 0 Å². The number of carboxylic acids is 1. The molecule has 190 valence electrons. The number of carboxylic acid groups (broad SMARTS) is 1. The number of amides is 2. The number of likely N-dealkylation sites (tertiary alicyclic amines) is 1. The summed E-state index contributed by atoms with van der Waals surface area (Å²) in [6, 6.07) is 0.492. The lowest BCUT2D eigenvalue weighted by atomic mass is 10.0. The van der Waals surface area contributed by atoms with Gasteiger partial charge in [-0.25, -0.2) is 18.0 Å². The molecule has 0 spiro atoms. The van der Waals surface area contributed by atoms with Crippen LogP contribution in [0.15, 0.2) is 12.1 Å². The van der Waals surface area contributed by atoms with Crippen molar-refractivity contribution in [2.75, 3.05) is 13.1 Å². The van der Waals surface area contributed by atoms with Crippen molar-refractivity contribution >= 4 is 17.8 Å². The lowest BCUT2D eigenvalue weighted by molar-refractivity contribution is -0.192. The molecule has 3 rings (SSSR count). The molecule has 2 fully saturated rings. The van der Waals surface area contributed by atoms with Crippen LogP contribution in [0, 0.1) is 23.4 Å². The summed E-state index contributed by atoms with van der Waals surface area (Å²) in [6.45, 7) is 1.02. The molecular formula is C21H25F6N3O4. The Hall–Kier alpha value is -2.83. The molecule has 1 saturated carbocycles. The minimum absolute atomic E-state index is 0.0223. The number of carbonyl (C=O) groups is 3. The van der Waals surface area contributed by atoms with E-state index in [9.17, 15) is 35.9 Å². The van der Waals surface area contributed by atoms with Crippen molar-refractivity contribution in [1.82, 2.24) is 10.2 Å². The van der Waals surface area contributed by atoms with Crippen LogP contribution in [0.25, 0.3) is 0 Å². The first-order valence-corrected chi connectivity index (χ1v) is 10.6. The number of rotatable bonds is 7. The molecule has 0 aromatic heterocycles. The van der Waals surface area contributed by atoms with Gasteiger partial charge >= 0.3 is 12.1 Å². The van der Waals surface area contributed by atoms with Gasteiger partial charge in [0.05, 0.1) is 0 Å². The predicted molar refractivity (Wildman–Crippen MR) is 107 cm³/mol. The molecule has 13 heteroatoms. The molecule has 34 heavy (non-hydrogen) atoms. The molecule has 1 aliphatic heterocycles. The maximum atomic E-state index is 13.7. The first kappa shape index (κ1) is 27.4. The minimum Gasteiger partial charge on any atom is -0.475 e. The van der Waals surface area contributed by atoms with Crippen molar-refractivity contribution in [1.29, 1.82) is 0 Å². The number of aliphatic carboxylic acids is 1. The fraction of sp³-hybridized carbons (Fsp3) is 0.571. The van der Waals surface area contributed by atoms with Gasteiger partial charge in [-0.1, -0.05) is 0 Å². The van der Waals surface area contributed by atoms with Crippen LogP contribution in [0.5, 0.6) is 0 Å². The Labute approximate surface area is 191 Å². The molecule has 2 amide bonds. The van der Waals surface area contributed by atoms with Gasteiger partial charge in [0.2, 0.25) is 11.8 Å². The number of nitrogens with one attached hydrogen (secondary N) is 1. The Morgan fingerprint density at radius 1 is 1.09 bits per heavy atom. The molecule has 0 unspecified atom stereocenters. The summed E-state index contributed by atoms with van der Waals surface area (Å²) in [7, 11) is 0. The zero-order valence-corrected chi connectivity index (χ0v) is 18.0. The van der Waals surface area contributed by atoms with Crippen LogP contribution in [0.1, 0.15) is 37.7 Å². The maximum absolute atomic E-state index is 13.7. The fourth-order valence-corrected chi connectivity index (χ4v) is 3.50. The van der Waals surface area contributed by atoms with Crippen molar-refractivity contribution < 1.29 is 45.8 Å². The van der Waals surface area contributed by atoms with Crippen LogP contribution in [0.3, 0.4) is 0 Å². The number of halogens is 6. The zero-order chi connectivity index (χ0) is 25.6. The number of nitrogens with zero attached hydrogens (tertiary/aromatic N) is 1. The Kier molecular flexibility index (Phi) is 9.30. The Morgan fingerprint density at radius 3 is 2.24 bits per heavy atom. The van der Waals surface area contributed by atoms with Gasteiger partial charge in [0, 0.05) is 43.6 Å². The first-order valence-electron chi connectivity index (χ1n) is 10.6. The summed E-state index contributed by atoms with van der Waals surface area (Å²) >= 11 is 0. The van der Waals surface area contributed by atoms with Crippen LogP contribution >= 0.6 is 0 Å². The molecule has 2 aliphatic rings. The second-order valence-electron chi connectivity index (χ2n) is 8.23. The smallest absolute Gasteiger partial charge is 0.475 e. The Balaban J connectivity index is 0.000000509. The van der Waals surface area contributed by atoms with Crippen LogP contribution in [0.2, 0.25) is 0 Å². The standard InChI is InChI=1S/C19H24F3N3O2.C2HF3O2/c20-15-9-17(22)16(21)7-12(15)6-13(23)8-18(26)25-5-1-2-14(25)10-24-19(27)11-3-4-11;3-2(4,5)1(6)7/h7,9,11,13-14H,1-6,8,10,23H2,(H,24,27);(H,6,7)/t13-,14+;/m1./s1. The summed E-state index contributed by atoms with van der Waals surface area (Å²) in [5.74, 6) is -6.04. The summed E-state index contributed by atoms with van der Waals surface area (Å²) in [6.07, 6.45) is -1.66. The second kappa shape index (κ2) is 11.5. The molecule has 1 aliphatic carbocycles. The topological polar surface area (TPSA) is 113 Å². The molecule has 4 N–H and O–H groups in total. The highest BCUT2D eigenvalue weighted by Crippen LogP contribution is 2.29. The summed E-state index contributed by atoms with van der Waals surface area (Å²) in [5, 5.41) is 10.0. The van der Waals surface area contributed by atoms with Crippen LogP contribution < -0.4 is 11.1 Å². The Morgan fingerprint density at radius 2 is 1.68 bits per heavy atom. The third kappa shape index (κ3) is 8.19. The highest BCUT2D eigenvalue weighted by Gasteiger charge is 2.38. The molecular weight excluding hydrogens is 472 g/mol. The first-order chi connectivity index (χ1) is 15.8. The number of alkyl halides is 3. The largest absolute Gasteiger partial charge is 0.490 e. The fourth-order valence-electron chi connectivity index (χ4n) is 3.50. The molecule has 1 heterocycles. The van der Waals surface area contributed by atoms with Gasteiger partial charge in [0.15, 0.2) is 11.6 Å². The highest BCUT2D eigenvalue weighted by atomic mass is 19.4. The molecule has 7 nitrogen and oxygen atoms in total. The molecule has 2 atom stereocenters. The van der Waals surface area contributed by atoms with E-state index in [4.69, 9.17) is 15.6 Å². The maximum Gasteiger partial charge on any atom is 0.490 e. The van der Waals surface area contributed by atoms with Crippen molar-refractivity contribution in [2.24, 2.45) is 11.7 Å². The van der Waals surface area contributed by atoms with Gasteiger partial charge in [-0.3, -0.25) is 9.59 Å². The number of benzene rings is 1. The lowest BCUT2D eigenvalue weighted by Gasteiger charge is -2.26. The van der Waals surface area contributed by atoms with E-state index >= 15 is 0 Å². The van der Waals surface area contributed by atoms with Gasteiger partial charge in [-0.15, -0.1) is 0 Å². The average molecular weight is 497 g/mol. The average Bonchev–Trinajstić information content (AvgIpc) is 3.47. The van der Waals surface area contributed by atoms with Crippen LogP contribution in [0.4, 0.5) is 26.3 Å². The molecule has 0 bridgehead atoms. The predicted octanol–water partition coefficient (Wildman–Crippen LogP) is 2.51. The highest BCUT2D eigenvalue weighted by molar-refractivity contribution is 5.81. The summed E-state index contributed by atoms with van der Waals surface area (Å²) in [4.78, 5) is 34.9. The normalized spacial score (nSPS) is 18.7. The third-order valence-corrected chi connectivity index (χ3v) is 5.41. The number of carbonyl (C=O) groups excluding carboxylic acids is 2. The van der Waals surface area contributed by atoms with Crippen LogP contribution in [-0.4, -0.2) is 59.1 Å². The SMILES string of the molecule is N[C@@H](CC(=O)N1CCC[C@H]1CNC(=O)C1CC1)Cc1cc(F)c(F)cc1F.O=C(O)C(F)(F)F. The van der Waals surface area contributed by atoms with Gasteiger partial charge in [-0.2, -0.15) is 13.2 Å². The molecule has 1 aromatic rings. The number of nitrogens with two attached hydrogens (primary N) is 1. The van der Waals surface area contributed by atoms with Crippen molar-refractivity contribution in [2.45, 2.75) is 56.8 Å². The summed E-state index contributed by atoms with van der Waals surface area (Å²) in [5.41, 5.74) is 5.89. The molecule has 1 aromatic carbocycles. The van der Waals surface area contributed by atoms with E-state index in [0.717, 1.165) is 31.7 Å². The van der Waals surface area contributed by atoms with E-state index in [1.54, 1.807) is 4.90 Å². The second-order valence-corrected chi connectivity index (χ2v) is 8.23. The number of hydrogen-bond acceptors (Lipinski definition) is 4. The minimum atomic E-state index is -5.08. The van der Waals surface area contributed by atoms with E-state index in [0.29, 0.717) is 19.2 Å². The van der Waals surface area contributed by atoms with E-state index in [-0.39, 0.29) is 42.2 Å². The lowest BCUT2D eigenvalue weighted by Crippen LogP contribution is -2.45. The Bertz CT molecular complexity index is 907. The van der Waals surface area contributed by atoms with E-state index in [2.05, 4.69) is 5.32 Å². The van der Waals surface area contributed by atoms with Crippen molar-refractivity contribution in [3.05, 3.63) is 35.1 Å². The quantitative estimate of drug-likeness (QED) is 0.396. The monoisotopic (exact) mass is 497 g/mol. The molecule has 0 radical (unpaired) electrons. The van der Waals surface area contributed by atoms with Crippen molar-refractivity contribution in [3.8, 4) is 0 Å². The van der Waals surface area contributed by atoms with Crippen molar-refractivity contribution in [3.63, 3.8) is 0 Å². The van der Waals surface area contributed by atoms with Gasteiger partial charge in [0.1, 0.15) is 5.82 Å². The summed E-state index contributed by atoms with van der Waals surface area (Å²) < 4.78 is 71.8. The zero-order valence-electron chi connectivity index (χ0n) is 18.0. The van der Waals surface area contributed by atoms with Gasteiger partial charge < -0.3 is 21.1 Å². The number of hydrogen-bond donors (Lipinski definition) is 3. The van der Waals surface area contributed by atoms with E-state index < -0.39 is 35.6 Å². The third-order valence-electron chi connectivity index (χ3n) is 5.41. The van der Waals surface area contributed by atoms with Gasteiger partial charge in [-0.05, 0) is 43.7 Å². The van der Waals surface area contributed by atoms with E-state index in [1.165, 1.54) is 0 Å². The van der Waals surface area contributed by atoms with E-state index in [1.807, 2.05) is 0 Å². The van der Waals surface area contributed by atoms with Crippen LogP contribution in [-0.2, 0) is 20.8 Å². The molecule has 1 saturated heterocycles.